The molecule has 0 aromatic carbocycles. The van der Waals surface area contributed by atoms with Crippen LogP contribution in [0.15, 0.2) is 9.63 Å². The number of hydrogen-bond acceptors (Lipinski definition) is 5. The van der Waals surface area contributed by atoms with E-state index in [1.54, 1.807) is 7.11 Å². The molecule has 17 heavy (non-hydrogen) atoms. The van der Waals surface area contributed by atoms with Gasteiger partial charge in [0.05, 0.1) is 0 Å². The molecular formula is C8H15BrN4O3S. The number of aryl methyl sites for hydroxylation is 1. The Kier molecular flexibility index (Phi) is 5.04. The first-order valence-electron chi connectivity index (χ1n) is 4.91. The highest BCUT2D eigenvalue weighted by atomic mass is 79.9. The number of halogens is 1. The second-order valence-electron chi connectivity index (χ2n) is 3.48. The Morgan fingerprint density at radius 1 is 1.53 bits per heavy atom. The minimum atomic E-state index is -3.57. The molecule has 98 valence electrons. The van der Waals surface area contributed by atoms with Crippen LogP contribution in [0.2, 0.25) is 0 Å². The Hall–Kier alpha value is -0.510. The number of hydrogen-bond donors (Lipinski definition) is 0. The average molecular weight is 327 g/mol. The van der Waals surface area contributed by atoms with Gasteiger partial charge in [0.15, 0.2) is 4.60 Å². The van der Waals surface area contributed by atoms with Crippen LogP contribution < -0.4 is 0 Å². The van der Waals surface area contributed by atoms with E-state index in [-0.39, 0.29) is 9.63 Å². The molecule has 1 heterocycles. The van der Waals surface area contributed by atoms with Crippen LogP contribution >= 0.6 is 15.9 Å². The third-order valence-electron chi connectivity index (χ3n) is 2.21. The molecule has 7 nitrogen and oxygen atoms in total. The van der Waals surface area contributed by atoms with Crippen molar-refractivity contribution in [2.24, 2.45) is 7.05 Å². The summed E-state index contributed by atoms with van der Waals surface area (Å²) in [6, 6.07) is 0. The summed E-state index contributed by atoms with van der Waals surface area (Å²) in [5.74, 6) is 0. The molecule has 0 aliphatic carbocycles. The largest absolute Gasteiger partial charge is 0.385 e. The predicted molar refractivity (Wildman–Crippen MR) is 65.0 cm³/mol. The number of nitrogens with zero attached hydrogens (tertiary/aromatic N) is 4. The van der Waals surface area contributed by atoms with E-state index in [0.717, 1.165) is 0 Å². The van der Waals surface area contributed by atoms with Gasteiger partial charge in [-0.1, -0.05) is 5.21 Å². The van der Waals surface area contributed by atoms with Crippen molar-refractivity contribution in [1.29, 1.82) is 0 Å². The first-order chi connectivity index (χ1) is 7.91. The molecule has 0 amide bonds. The van der Waals surface area contributed by atoms with E-state index < -0.39 is 10.0 Å². The van der Waals surface area contributed by atoms with Crippen LogP contribution in [0.25, 0.3) is 0 Å². The Morgan fingerprint density at radius 3 is 2.65 bits per heavy atom. The smallest absolute Gasteiger partial charge is 0.262 e. The fraction of sp³-hybridized carbons (Fsp3) is 0.750. The Morgan fingerprint density at radius 2 is 2.18 bits per heavy atom. The highest BCUT2D eigenvalue weighted by Gasteiger charge is 2.27. The normalized spacial score (nSPS) is 12.3. The minimum Gasteiger partial charge on any atom is -0.385 e. The second-order valence-corrected chi connectivity index (χ2v) is 6.19. The van der Waals surface area contributed by atoms with Gasteiger partial charge in [-0.05, 0) is 22.4 Å². The van der Waals surface area contributed by atoms with Crippen molar-refractivity contribution in [3.63, 3.8) is 0 Å². The highest BCUT2D eigenvalue weighted by molar-refractivity contribution is 9.10. The standard InChI is InChI=1S/C8H15BrN4O3S/c1-12(5-4-6-16-3)17(14,15)8-7(9)10-11-13(8)2/h4-6H2,1-3H3. The number of ether oxygens (including phenoxy) is 1. The summed E-state index contributed by atoms with van der Waals surface area (Å²) in [7, 11) is 1.06. The molecule has 0 bridgehead atoms. The minimum absolute atomic E-state index is 0.0532. The first-order valence-corrected chi connectivity index (χ1v) is 7.15. The monoisotopic (exact) mass is 326 g/mol. The molecule has 1 aromatic rings. The molecule has 1 aromatic heterocycles. The molecule has 0 aliphatic rings. The van der Waals surface area contributed by atoms with Crippen molar-refractivity contribution in [3.8, 4) is 0 Å². The van der Waals surface area contributed by atoms with Crippen LogP contribution in [0.5, 0.6) is 0 Å². The molecule has 0 radical (unpaired) electrons. The van der Waals surface area contributed by atoms with Gasteiger partial charge >= 0.3 is 0 Å². The van der Waals surface area contributed by atoms with Crippen LogP contribution in [0.3, 0.4) is 0 Å². The van der Waals surface area contributed by atoms with Crippen molar-refractivity contribution in [2.45, 2.75) is 11.4 Å². The van der Waals surface area contributed by atoms with Gasteiger partial charge in [0.2, 0.25) is 5.03 Å². The molecule has 0 unspecified atom stereocenters. The maximum atomic E-state index is 12.2. The molecule has 0 spiro atoms. The summed E-state index contributed by atoms with van der Waals surface area (Å²) >= 11 is 3.08. The van der Waals surface area contributed by atoms with Gasteiger partial charge in [-0.25, -0.2) is 13.1 Å². The lowest BCUT2D eigenvalue weighted by molar-refractivity contribution is 0.189. The molecule has 0 aliphatic heterocycles. The quantitative estimate of drug-likeness (QED) is 0.699. The highest BCUT2D eigenvalue weighted by Crippen LogP contribution is 2.21. The maximum Gasteiger partial charge on any atom is 0.262 e. The molecule has 0 N–H and O–H groups in total. The summed E-state index contributed by atoms with van der Waals surface area (Å²) in [6.07, 6.45) is 0.634. The lowest BCUT2D eigenvalue weighted by Crippen LogP contribution is -2.30. The molecule has 0 saturated heterocycles. The fourth-order valence-corrected chi connectivity index (χ4v) is 3.53. The number of rotatable bonds is 6. The van der Waals surface area contributed by atoms with E-state index >= 15 is 0 Å². The van der Waals surface area contributed by atoms with E-state index in [0.29, 0.717) is 19.6 Å². The van der Waals surface area contributed by atoms with E-state index in [4.69, 9.17) is 4.74 Å². The van der Waals surface area contributed by atoms with Crippen LogP contribution in [-0.2, 0) is 21.8 Å². The van der Waals surface area contributed by atoms with E-state index in [2.05, 4.69) is 26.2 Å². The molecule has 1 rings (SSSR count). The molecule has 9 heteroatoms. The fourth-order valence-electron chi connectivity index (χ4n) is 1.30. The van der Waals surface area contributed by atoms with Gasteiger partial charge in [0, 0.05) is 34.4 Å². The summed E-state index contributed by atoms with van der Waals surface area (Å²) < 4.78 is 32.0. The van der Waals surface area contributed by atoms with Gasteiger partial charge in [0.1, 0.15) is 0 Å². The van der Waals surface area contributed by atoms with E-state index in [9.17, 15) is 8.42 Å². The lowest BCUT2D eigenvalue weighted by Gasteiger charge is -2.16. The number of sulfonamides is 1. The van der Waals surface area contributed by atoms with Crippen LogP contribution in [0, 0.1) is 0 Å². The second kappa shape index (κ2) is 5.89. The van der Waals surface area contributed by atoms with Crippen LogP contribution in [0.1, 0.15) is 6.42 Å². The SMILES string of the molecule is COCCCN(C)S(=O)(=O)c1c(Br)nnn1C. The zero-order valence-corrected chi connectivity index (χ0v) is 12.3. The van der Waals surface area contributed by atoms with Crippen molar-refractivity contribution in [1.82, 2.24) is 19.3 Å². The van der Waals surface area contributed by atoms with Gasteiger partial charge in [-0.2, -0.15) is 4.31 Å². The van der Waals surface area contributed by atoms with Crippen molar-refractivity contribution in [3.05, 3.63) is 4.60 Å². The van der Waals surface area contributed by atoms with Gasteiger partial charge in [-0.15, -0.1) is 5.10 Å². The third-order valence-corrected chi connectivity index (χ3v) is 4.96. The number of aromatic nitrogens is 3. The topological polar surface area (TPSA) is 77.3 Å². The predicted octanol–water partition coefficient (Wildman–Crippen LogP) is 0.235. The van der Waals surface area contributed by atoms with Crippen LogP contribution in [-0.4, -0.2) is 55.0 Å². The van der Waals surface area contributed by atoms with Gasteiger partial charge in [-0.3, -0.25) is 0 Å². The summed E-state index contributed by atoms with van der Waals surface area (Å²) in [5, 5.41) is 7.36. The Labute approximate surface area is 109 Å². The molecule has 0 saturated carbocycles. The Balaban J connectivity index is 2.88. The molecular weight excluding hydrogens is 312 g/mol. The van der Waals surface area contributed by atoms with Crippen molar-refractivity contribution in [2.75, 3.05) is 27.3 Å². The van der Waals surface area contributed by atoms with Gasteiger partial charge in [0.25, 0.3) is 10.0 Å². The summed E-state index contributed by atoms with van der Waals surface area (Å²) in [5.41, 5.74) is 0. The van der Waals surface area contributed by atoms with Gasteiger partial charge < -0.3 is 4.74 Å². The zero-order chi connectivity index (χ0) is 13.1. The van der Waals surface area contributed by atoms with Crippen molar-refractivity contribution >= 4 is 26.0 Å². The van der Waals surface area contributed by atoms with Crippen molar-refractivity contribution < 1.29 is 13.2 Å². The summed E-state index contributed by atoms with van der Waals surface area (Å²) in [4.78, 5) is 0. The third kappa shape index (κ3) is 3.24. The van der Waals surface area contributed by atoms with E-state index in [1.807, 2.05) is 0 Å². The zero-order valence-electron chi connectivity index (χ0n) is 9.92. The Bertz CT molecular complexity index is 454. The van der Waals surface area contributed by atoms with Crippen LogP contribution in [0.4, 0.5) is 0 Å². The van der Waals surface area contributed by atoms with E-state index in [1.165, 1.54) is 23.1 Å². The molecule has 0 fully saturated rings. The number of methoxy groups -OCH3 is 1. The maximum absolute atomic E-state index is 12.2. The average Bonchev–Trinajstić information content (AvgIpc) is 2.59. The molecule has 0 atom stereocenters. The first kappa shape index (κ1) is 14.6. The lowest BCUT2D eigenvalue weighted by atomic mass is 10.5. The summed E-state index contributed by atoms with van der Waals surface area (Å²) in [6.45, 7) is 0.901.